The number of rotatable bonds is 7. The third-order valence-corrected chi connectivity index (χ3v) is 10.8. The number of benzene rings is 2. The average Bonchev–Trinajstić information content (AvgIpc) is 3.05. The quantitative estimate of drug-likeness (QED) is 0.399. The molecule has 0 unspecified atom stereocenters. The summed E-state index contributed by atoms with van der Waals surface area (Å²) < 4.78 is 11.8. The van der Waals surface area contributed by atoms with Crippen molar-refractivity contribution < 1.29 is 18.9 Å². The number of carbonyl (C=O) groups excluding carboxylic acids is 1. The molecule has 0 amide bonds. The molecule has 5 nitrogen and oxygen atoms in total. The molecule has 0 aliphatic carbocycles. The number of hydrogen-bond acceptors (Lipinski definition) is 5. The molecule has 1 fully saturated rings. The van der Waals surface area contributed by atoms with Gasteiger partial charge in [0.25, 0.3) is 0 Å². The van der Waals surface area contributed by atoms with E-state index in [2.05, 4.69) is 58.1 Å². The molecule has 1 aliphatic rings. The summed E-state index contributed by atoms with van der Waals surface area (Å²) in [6, 6.07) is 20.3. The van der Waals surface area contributed by atoms with Crippen LogP contribution in [0.25, 0.3) is 0 Å². The minimum atomic E-state index is -2.22. The topological polar surface area (TPSA) is 48.0 Å². The first-order valence-corrected chi connectivity index (χ1v) is 13.8. The molecule has 2 aromatic rings. The number of nitrogens with zero attached hydrogens (tertiary/aromatic N) is 1. The van der Waals surface area contributed by atoms with Gasteiger partial charge in [0.15, 0.2) is 0 Å². The average molecular weight is 442 g/mol. The van der Waals surface area contributed by atoms with Crippen LogP contribution in [0, 0.1) is 0 Å². The Bertz CT molecular complexity index is 866. The SMILES string of the molecule is COC(=O)C[C@]1(Cc2ccccc2)C[C@@H](c2ccccc2)ON1O[Si](C)(C)C(C)(C)C. The Morgan fingerprint density at radius 1 is 1.10 bits per heavy atom. The van der Waals surface area contributed by atoms with Gasteiger partial charge in [0, 0.05) is 6.42 Å². The fourth-order valence-electron chi connectivity index (χ4n) is 3.65. The van der Waals surface area contributed by atoms with Gasteiger partial charge in [0.1, 0.15) is 6.10 Å². The van der Waals surface area contributed by atoms with Crippen molar-refractivity contribution in [3.63, 3.8) is 0 Å². The maximum Gasteiger partial charge on any atom is 0.307 e. The summed E-state index contributed by atoms with van der Waals surface area (Å²) >= 11 is 0. The monoisotopic (exact) mass is 441 g/mol. The van der Waals surface area contributed by atoms with E-state index in [9.17, 15) is 4.79 Å². The molecule has 3 rings (SSSR count). The predicted octanol–water partition coefficient (Wildman–Crippen LogP) is 5.85. The first-order valence-electron chi connectivity index (χ1n) is 10.9. The second-order valence-electron chi connectivity index (χ2n) is 9.96. The molecule has 168 valence electrons. The lowest BCUT2D eigenvalue weighted by Crippen LogP contribution is -2.54. The number of esters is 1. The van der Waals surface area contributed by atoms with Crippen LogP contribution < -0.4 is 0 Å². The molecule has 1 aliphatic heterocycles. The minimum Gasteiger partial charge on any atom is -0.469 e. The Labute approximate surface area is 187 Å². The Hall–Kier alpha value is -1.99. The van der Waals surface area contributed by atoms with Gasteiger partial charge >= 0.3 is 5.97 Å². The van der Waals surface area contributed by atoms with Crippen LogP contribution in [0.3, 0.4) is 0 Å². The zero-order chi connectivity index (χ0) is 22.7. The van der Waals surface area contributed by atoms with Gasteiger partial charge in [-0.25, -0.2) is 0 Å². The van der Waals surface area contributed by atoms with Crippen molar-refractivity contribution in [1.82, 2.24) is 5.23 Å². The van der Waals surface area contributed by atoms with E-state index in [0.29, 0.717) is 12.8 Å². The number of methoxy groups -OCH3 is 1. The van der Waals surface area contributed by atoms with Crippen molar-refractivity contribution in [1.29, 1.82) is 0 Å². The maximum atomic E-state index is 12.6. The highest BCUT2D eigenvalue weighted by Crippen LogP contribution is 2.47. The smallest absolute Gasteiger partial charge is 0.307 e. The summed E-state index contributed by atoms with van der Waals surface area (Å²) in [7, 11) is -0.786. The fraction of sp³-hybridized carbons (Fsp3) is 0.480. The number of hydrogen-bond donors (Lipinski definition) is 0. The van der Waals surface area contributed by atoms with E-state index in [1.807, 2.05) is 36.4 Å². The lowest BCUT2D eigenvalue weighted by atomic mass is 9.83. The highest BCUT2D eigenvalue weighted by molar-refractivity contribution is 6.74. The summed E-state index contributed by atoms with van der Waals surface area (Å²) in [6.45, 7) is 11.0. The zero-order valence-corrected chi connectivity index (χ0v) is 20.6. The Morgan fingerprint density at radius 3 is 2.23 bits per heavy atom. The van der Waals surface area contributed by atoms with Crippen LogP contribution in [0.15, 0.2) is 60.7 Å². The van der Waals surface area contributed by atoms with Gasteiger partial charge in [-0.3, -0.25) is 9.63 Å². The molecule has 0 saturated carbocycles. The summed E-state index contributed by atoms with van der Waals surface area (Å²) in [6.07, 6.45) is 1.26. The highest BCUT2D eigenvalue weighted by atomic mass is 28.4. The molecule has 2 atom stereocenters. The molecule has 0 radical (unpaired) electrons. The standard InChI is InChI=1S/C25H35NO4Si/c1-24(2,3)31(5,6)30-26-25(19-23(27)28-4,17-20-13-9-7-10-14-20)18-22(29-26)21-15-11-8-12-16-21/h7-16,22H,17-19H2,1-6H3/t22-,25-/m0/s1. The van der Waals surface area contributed by atoms with Crippen LogP contribution in [0.4, 0.5) is 0 Å². The summed E-state index contributed by atoms with van der Waals surface area (Å²) in [5, 5.41) is 1.66. The van der Waals surface area contributed by atoms with Gasteiger partial charge in [-0.15, -0.1) is 0 Å². The summed E-state index contributed by atoms with van der Waals surface area (Å²) in [5.41, 5.74) is 1.54. The molecule has 0 N–H and O–H groups in total. The van der Waals surface area contributed by atoms with Crippen LogP contribution >= 0.6 is 0 Å². The van der Waals surface area contributed by atoms with Crippen LogP contribution in [-0.4, -0.2) is 32.2 Å². The molecule has 0 bridgehead atoms. The van der Waals surface area contributed by atoms with E-state index in [1.165, 1.54) is 7.11 Å². The Kier molecular flexibility index (Phi) is 7.06. The van der Waals surface area contributed by atoms with Gasteiger partial charge in [-0.1, -0.05) is 86.7 Å². The molecular weight excluding hydrogens is 406 g/mol. The summed E-state index contributed by atoms with van der Waals surface area (Å²) in [4.78, 5) is 19.0. The molecule has 1 saturated heterocycles. The normalized spacial score (nSPS) is 22.5. The van der Waals surface area contributed by atoms with Crippen LogP contribution in [-0.2, 0) is 25.3 Å². The van der Waals surface area contributed by atoms with Crippen molar-refractivity contribution >= 4 is 14.3 Å². The Balaban J connectivity index is 2.03. The van der Waals surface area contributed by atoms with Gasteiger partial charge < -0.3 is 9.26 Å². The molecular formula is C25H35NO4Si. The van der Waals surface area contributed by atoms with Crippen molar-refractivity contribution in [3.05, 3.63) is 71.8 Å². The number of hydroxylamine groups is 2. The van der Waals surface area contributed by atoms with E-state index in [0.717, 1.165) is 11.1 Å². The second-order valence-corrected chi connectivity index (χ2v) is 14.7. The van der Waals surface area contributed by atoms with E-state index >= 15 is 0 Å². The second kappa shape index (κ2) is 9.24. The first-order chi connectivity index (χ1) is 14.6. The van der Waals surface area contributed by atoms with Crippen LogP contribution in [0.5, 0.6) is 0 Å². The van der Waals surface area contributed by atoms with Crippen LogP contribution in [0.2, 0.25) is 18.1 Å². The summed E-state index contributed by atoms with van der Waals surface area (Å²) in [5.74, 6) is -0.267. The highest BCUT2D eigenvalue weighted by Gasteiger charge is 2.53. The van der Waals surface area contributed by atoms with Gasteiger partial charge in [0.05, 0.1) is 19.1 Å². The molecule has 6 heteroatoms. The molecule has 31 heavy (non-hydrogen) atoms. The van der Waals surface area contributed by atoms with Crippen molar-refractivity contribution in [3.8, 4) is 0 Å². The maximum absolute atomic E-state index is 12.6. The van der Waals surface area contributed by atoms with E-state index < -0.39 is 13.9 Å². The van der Waals surface area contributed by atoms with Gasteiger partial charge in [0.2, 0.25) is 8.32 Å². The number of ether oxygens (including phenoxy) is 1. The van der Waals surface area contributed by atoms with E-state index in [1.54, 1.807) is 5.23 Å². The number of carbonyl (C=O) groups is 1. The van der Waals surface area contributed by atoms with Crippen molar-refractivity contribution in [2.75, 3.05) is 7.11 Å². The van der Waals surface area contributed by atoms with Crippen molar-refractivity contribution in [2.24, 2.45) is 0 Å². The van der Waals surface area contributed by atoms with Gasteiger partial charge in [-0.2, -0.15) is 0 Å². The van der Waals surface area contributed by atoms with Crippen molar-refractivity contribution in [2.45, 2.75) is 69.8 Å². The molecule has 0 aromatic heterocycles. The third kappa shape index (κ3) is 5.44. The van der Waals surface area contributed by atoms with Gasteiger partial charge in [-0.05, 0) is 35.7 Å². The third-order valence-electron chi connectivity index (χ3n) is 6.54. The van der Waals surface area contributed by atoms with E-state index in [4.69, 9.17) is 14.1 Å². The fourth-order valence-corrected chi connectivity index (χ4v) is 4.57. The molecule has 1 heterocycles. The molecule has 2 aromatic carbocycles. The van der Waals surface area contributed by atoms with E-state index in [-0.39, 0.29) is 23.5 Å². The lowest BCUT2D eigenvalue weighted by molar-refractivity contribution is -0.352. The lowest BCUT2D eigenvalue weighted by Gasteiger charge is -2.43. The zero-order valence-electron chi connectivity index (χ0n) is 19.6. The Morgan fingerprint density at radius 2 is 1.68 bits per heavy atom. The largest absolute Gasteiger partial charge is 0.469 e. The molecule has 0 spiro atoms. The minimum absolute atomic E-state index is 0.00898. The van der Waals surface area contributed by atoms with Crippen LogP contribution in [0.1, 0.15) is 50.8 Å². The predicted molar refractivity (Wildman–Crippen MR) is 125 cm³/mol. The first kappa shape index (κ1) is 23.7.